The number of nitrogens with one attached hydrogen (secondary N) is 1. The number of terminal acetylenes is 1. The Balaban J connectivity index is 2.70. The summed E-state index contributed by atoms with van der Waals surface area (Å²) in [7, 11) is 0. The van der Waals surface area contributed by atoms with Gasteiger partial charge in [0.1, 0.15) is 0 Å². The van der Waals surface area contributed by atoms with Crippen molar-refractivity contribution < 1.29 is 4.79 Å². The summed E-state index contributed by atoms with van der Waals surface area (Å²) in [5.74, 6) is 2.34. The Kier molecular flexibility index (Phi) is 4.78. The van der Waals surface area contributed by atoms with Crippen LogP contribution in [0, 0.1) is 23.7 Å². The van der Waals surface area contributed by atoms with Gasteiger partial charge in [0.2, 0.25) is 0 Å². The van der Waals surface area contributed by atoms with Gasteiger partial charge in [-0.1, -0.05) is 19.3 Å². The summed E-state index contributed by atoms with van der Waals surface area (Å²) in [6.45, 7) is 2.01. The predicted octanol–water partition coefficient (Wildman–Crippen LogP) is 2.09. The van der Waals surface area contributed by atoms with E-state index in [0.717, 1.165) is 12.8 Å². The van der Waals surface area contributed by atoms with Crippen LogP contribution in [0.4, 0.5) is 0 Å². The summed E-state index contributed by atoms with van der Waals surface area (Å²) in [6, 6.07) is 8.23. The number of benzene rings is 1. The SMILES string of the molecule is C#CC(CCC)NC(=O)c1ccc(C#N)cc1. The lowest BCUT2D eigenvalue weighted by Gasteiger charge is -2.11. The molecule has 0 spiro atoms. The maximum absolute atomic E-state index is 11.8. The highest BCUT2D eigenvalue weighted by Crippen LogP contribution is 2.04. The molecule has 0 heterocycles. The minimum atomic E-state index is -0.233. The fourth-order valence-corrected chi connectivity index (χ4v) is 1.42. The van der Waals surface area contributed by atoms with Crippen LogP contribution in [0.15, 0.2) is 24.3 Å². The molecule has 86 valence electrons. The van der Waals surface area contributed by atoms with Gasteiger partial charge < -0.3 is 5.32 Å². The highest BCUT2D eigenvalue weighted by Gasteiger charge is 2.10. The van der Waals surface area contributed by atoms with Crippen molar-refractivity contribution in [2.45, 2.75) is 25.8 Å². The molecule has 1 atom stereocenters. The summed E-state index contributed by atoms with van der Waals surface area (Å²) in [6.07, 6.45) is 7.00. The molecule has 0 aliphatic carbocycles. The summed E-state index contributed by atoms with van der Waals surface area (Å²) < 4.78 is 0. The second kappa shape index (κ2) is 6.35. The van der Waals surface area contributed by atoms with Crippen LogP contribution in [0.25, 0.3) is 0 Å². The zero-order chi connectivity index (χ0) is 12.7. The van der Waals surface area contributed by atoms with E-state index in [4.69, 9.17) is 11.7 Å². The van der Waals surface area contributed by atoms with Crippen molar-refractivity contribution in [1.82, 2.24) is 5.32 Å². The van der Waals surface area contributed by atoms with E-state index >= 15 is 0 Å². The third kappa shape index (κ3) is 3.66. The number of hydrogen-bond donors (Lipinski definition) is 1. The molecule has 1 rings (SSSR count). The molecule has 1 amide bonds. The van der Waals surface area contributed by atoms with Crippen LogP contribution < -0.4 is 5.32 Å². The van der Waals surface area contributed by atoms with E-state index in [2.05, 4.69) is 11.2 Å². The highest BCUT2D eigenvalue weighted by molar-refractivity contribution is 5.94. The largest absolute Gasteiger partial charge is 0.338 e. The van der Waals surface area contributed by atoms with Crippen molar-refractivity contribution in [3.63, 3.8) is 0 Å². The van der Waals surface area contributed by atoms with Gasteiger partial charge in [0.25, 0.3) is 5.91 Å². The summed E-state index contributed by atoms with van der Waals surface area (Å²) in [5, 5.41) is 11.4. The van der Waals surface area contributed by atoms with E-state index < -0.39 is 0 Å². The molecule has 1 aromatic rings. The summed E-state index contributed by atoms with van der Waals surface area (Å²) in [4.78, 5) is 11.8. The van der Waals surface area contributed by atoms with Crippen molar-refractivity contribution in [2.75, 3.05) is 0 Å². The highest BCUT2D eigenvalue weighted by atomic mass is 16.1. The number of nitriles is 1. The summed E-state index contributed by atoms with van der Waals surface area (Å²) in [5.41, 5.74) is 1.05. The molecule has 3 heteroatoms. The number of carbonyl (C=O) groups excluding carboxylic acids is 1. The van der Waals surface area contributed by atoms with Gasteiger partial charge in [0, 0.05) is 5.56 Å². The summed E-state index contributed by atoms with van der Waals surface area (Å²) >= 11 is 0. The van der Waals surface area contributed by atoms with E-state index in [0.29, 0.717) is 11.1 Å². The Morgan fingerprint density at radius 1 is 1.47 bits per heavy atom. The minimum Gasteiger partial charge on any atom is -0.338 e. The van der Waals surface area contributed by atoms with Gasteiger partial charge in [0.05, 0.1) is 17.7 Å². The lowest BCUT2D eigenvalue weighted by atomic mass is 10.1. The third-order valence-corrected chi connectivity index (χ3v) is 2.36. The standard InChI is InChI=1S/C14H14N2O/c1-3-5-13(4-2)16-14(17)12-8-6-11(10-15)7-9-12/h2,6-9,13H,3,5H2,1H3,(H,16,17). The molecule has 0 saturated heterocycles. The molecule has 1 N–H and O–H groups in total. The molecule has 1 aromatic carbocycles. The zero-order valence-corrected chi connectivity index (χ0v) is 9.73. The second-order valence-corrected chi connectivity index (χ2v) is 3.67. The number of amides is 1. The van der Waals surface area contributed by atoms with Crippen molar-refractivity contribution in [2.24, 2.45) is 0 Å². The topological polar surface area (TPSA) is 52.9 Å². The first-order valence-electron chi connectivity index (χ1n) is 5.48. The van der Waals surface area contributed by atoms with E-state index in [-0.39, 0.29) is 11.9 Å². The minimum absolute atomic E-state index is 0.203. The van der Waals surface area contributed by atoms with Crippen LogP contribution in [-0.4, -0.2) is 11.9 Å². The van der Waals surface area contributed by atoms with Gasteiger partial charge in [0.15, 0.2) is 0 Å². The fourth-order valence-electron chi connectivity index (χ4n) is 1.42. The molecule has 17 heavy (non-hydrogen) atoms. The number of carbonyl (C=O) groups is 1. The Labute approximate surface area is 101 Å². The van der Waals surface area contributed by atoms with Crippen molar-refractivity contribution in [1.29, 1.82) is 5.26 Å². The molecule has 0 bridgehead atoms. The maximum atomic E-state index is 11.8. The van der Waals surface area contributed by atoms with Gasteiger partial charge in [-0.2, -0.15) is 5.26 Å². The molecule has 0 aromatic heterocycles. The molecule has 0 saturated carbocycles. The van der Waals surface area contributed by atoms with Crippen molar-refractivity contribution >= 4 is 5.91 Å². The molecule has 0 aliphatic heterocycles. The fraction of sp³-hybridized carbons (Fsp3) is 0.286. The molecule has 3 nitrogen and oxygen atoms in total. The van der Waals surface area contributed by atoms with Crippen LogP contribution in [-0.2, 0) is 0 Å². The van der Waals surface area contributed by atoms with Gasteiger partial charge in [-0.15, -0.1) is 6.42 Å². The molecule has 1 unspecified atom stereocenters. The zero-order valence-electron chi connectivity index (χ0n) is 9.73. The molecular formula is C14H14N2O. The average Bonchev–Trinajstić information content (AvgIpc) is 2.38. The van der Waals surface area contributed by atoms with Crippen molar-refractivity contribution in [3.05, 3.63) is 35.4 Å². The molecule has 0 fully saturated rings. The van der Waals surface area contributed by atoms with Gasteiger partial charge >= 0.3 is 0 Å². The van der Waals surface area contributed by atoms with E-state index in [1.807, 2.05) is 13.0 Å². The van der Waals surface area contributed by atoms with Crippen LogP contribution in [0.2, 0.25) is 0 Å². The second-order valence-electron chi connectivity index (χ2n) is 3.67. The van der Waals surface area contributed by atoms with E-state index in [1.54, 1.807) is 24.3 Å². The monoisotopic (exact) mass is 226 g/mol. The molecular weight excluding hydrogens is 212 g/mol. The Morgan fingerprint density at radius 2 is 2.12 bits per heavy atom. The first-order chi connectivity index (χ1) is 8.21. The Hall–Kier alpha value is -2.26. The van der Waals surface area contributed by atoms with Crippen LogP contribution in [0.5, 0.6) is 0 Å². The Morgan fingerprint density at radius 3 is 2.59 bits per heavy atom. The third-order valence-electron chi connectivity index (χ3n) is 2.36. The van der Waals surface area contributed by atoms with Gasteiger partial charge in [-0.3, -0.25) is 4.79 Å². The van der Waals surface area contributed by atoms with Crippen LogP contribution in [0.1, 0.15) is 35.7 Å². The number of nitrogens with zero attached hydrogens (tertiary/aromatic N) is 1. The maximum Gasteiger partial charge on any atom is 0.252 e. The lowest BCUT2D eigenvalue weighted by molar-refractivity contribution is 0.0944. The van der Waals surface area contributed by atoms with Crippen molar-refractivity contribution in [3.8, 4) is 18.4 Å². The molecule has 0 radical (unpaired) electrons. The quantitative estimate of drug-likeness (QED) is 0.799. The number of rotatable bonds is 4. The van der Waals surface area contributed by atoms with Crippen LogP contribution >= 0.6 is 0 Å². The first kappa shape index (κ1) is 12.8. The lowest BCUT2D eigenvalue weighted by Crippen LogP contribution is -2.33. The number of hydrogen-bond acceptors (Lipinski definition) is 2. The average molecular weight is 226 g/mol. The normalized spacial score (nSPS) is 11.0. The van der Waals surface area contributed by atoms with Gasteiger partial charge in [-0.25, -0.2) is 0 Å². The Bertz CT molecular complexity index is 462. The van der Waals surface area contributed by atoms with Crippen LogP contribution in [0.3, 0.4) is 0 Å². The van der Waals surface area contributed by atoms with E-state index in [9.17, 15) is 4.79 Å². The smallest absolute Gasteiger partial charge is 0.252 e. The first-order valence-corrected chi connectivity index (χ1v) is 5.48. The predicted molar refractivity (Wildman–Crippen MR) is 66.2 cm³/mol. The van der Waals surface area contributed by atoms with Gasteiger partial charge in [-0.05, 0) is 30.7 Å². The van der Waals surface area contributed by atoms with E-state index in [1.165, 1.54) is 0 Å². The molecule has 0 aliphatic rings.